The van der Waals surface area contributed by atoms with E-state index < -0.39 is 0 Å². The fourth-order valence-corrected chi connectivity index (χ4v) is 3.33. The Labute approximate surface area is 173 Å². The van der Waals surface area contributed by atoms with Gasteiger partial charge in [-0.05, 0) is 61.9 Å². The molecule has 146 valence electrons. The lowest BCUT2D eigenvalue weighted by molar-refractivity contribution is 0.102. The van der Waals surface area contributed by atoms with Crippen molar-refractivity contribution in [2.75, 3.05) is 12.4 Å². The van der Waals surface area contributed by atoms with Crippen LogP contribution in [-0.4, -0.2) is 28.0 Å². The predicted molar refractivity (Wildman–Crippen MR) is 114 cm³/mol. The Morgan fingerprint density at radius 1 is 1.03 bits per heavy atom. The van der Waals surface area contributed by atoms with Gasteiger partial charge in [0.15, 0.2) is 0 Å². The Morgan fingerprint density at radius 2 is 1.79 bits per heavy atom. The molecule has 0 aliphatic carbocycles. The summed E-state index contributed by atoms with van der Waals surface area (Å²) in [6.45, 7) is 3.88. The Kier molecular flexibility index (Phi) is 4.94. The molecule has 29 heavy (non-hydrogen) atoms. The van der Waals surface area contributed by atoms with E-state index in [0.717, 1.165) is 22.3 Å². The summed E-state index contributed by atoms with van der Waals surface area (Å²) in [7, 11) is 1.57. The third kappa shape index (κ3) is 3.79. The number of amides is 1. The number of halogens is 1. The first kappa shape index (κ1) is 19.0. The lowest BCUT2D eigenvalue weighted by Gasteiger charge is -2.08. The van der Waals surface area contributed by atoms with E-state index in [0.29, 0.717) is 27.5 Å². The second kappa shape index (κ2) is 7.56. The van der Waals surface area contributed by atoms with Gasteiger partial charge in [0.25, 0.3) is 5.91 Å². The highest BCUT2D eigenvalue weighted by Crippen LogP contribution is 2.27. The van der Waals surface area contributed by atoms with E-state index in [1.165, 1.54) is 4.80 Å². The number of carbonyl (C=O) groups excluding carboxylic acids is 1. The van der Waals surface area contributed by atoms with E-state index in [1.54, 1.807) is 25.3 Å². The minimum absolute atomic E-state index is 0.162. The first-order valence-electron chi connectivity index (χ1n) is 9.04. The first-order valence-corrected chi connectivity index (χ1v) is 9.42. The van der Waals surface area contributed by atoms with E-state index >= 15 is 0 Å². The minimum Gasteiger partial charge on any atom is -0.495 e. The van der Waals surface area contributed by atoms with Crippen molar-refractivity contribution >= 4 is 34.2 Å². The summed E-state index contributed by atoms with van der Waals surface area (Å²) in [4.78, 5) is 14.1. The van der Waals surface area contributed by atoms with Crippen molar-refractivity contribution in [3.8, 4) is 11.4 Å². The van der Waals surface area contributed by atoms with E-state index in [2.05, 4.69) is 15.5 Å². The number of fused-ring (bicyclic) bond motifs is 1. The molecule has 0 unspecified atom stereocenters. The van der Waals surface area contributed by atoms with E-state index in [-0.39, 0.29) is 5.91 Å². The van der Waals surface area contributed by atoms with Gasteiger partial charge in [0, 0.05) is 11.3 Å². The zero-order chi connectivity index (χ0) is 20.5. The fourth-order valence-electron chi connectivity index (χ4n) is 3.08. The number of nitrogens with zero attached hydrogens (tertiary/aromatic N) is 3. The molecule has 3 aromatic carbocycles. The molecule has 6 nitrogen and oxygen atoms in total. The van der Waals surface area contributed by atoms with Crippen molar-refractivity contribution in [2.24, 2.45) is 0 Å². The van der Waals surface area contributed by atoms with Crippen LogP contribution in [0.2, 0.25) is 5.02 Å². The molecule has 1 heterocycles. The number of hydrogen-bond acceptors (Lipinski definition) is 4. The zero-order valence-electron chi connectivity index (χ0n) is 16.2. The minimum atomic E-state index is -0.162. The number of nitrogens with one attached hydrogen (secondary N) is 1. The monoisotopic (exact) mass is 406 g/mol. The summed E-state index contributed by atoms with van der Waals surface area (Å²) < 4.78 is 5.18. The number of rotatable bonds is 4. The molecule has 0 bridgehead atoms. The normalized spacial score (nSPS) is 10.9. The largest absolute Gasteiger partial charge is 0.495 e. The van der Waals surface area contributed by atoms with Crippen molar-refractivity contribution < 1.29 is 9.53 Å². The second-order valence-corrected chi connectivity index (χ2v) is 7.19. The standard InChI is InChI=1S/C22H19ClN4O2/c1-13-5-4-6-15(9-13)22(28)24-18-12-20-19(10-14(18)2)25-27(26-20)16-7-8-21(29-3)17(23)11-16/h4-12H,1-3H3,(H,24,28). The molecule has 0 saturated heterocycles. The molecule has 0 aliphatic rings. The molecule has 4 aromatic rings. The molecule has 0 aliphatic heterocycles. The van der Waals surface area contributed by atoms with Gasteiger partial charge in [-0.25, -0.2) is 0 Å². The molecule has 7 heteroatoms. The molecule has 0 spiro atoms. The van der Waals surface area contributed by atoms with Gasteiger partial charge in [-0.15, -0.1) is 10.2 Å². The summed E-state index contributed by atoms with van der Waals surface area (Å²) in [5, 5.41) is 12.5. The molecule has 0 radical (unpaired) electrons. The van der Waals surface area contributed by atoms with Crippen molar-refractivity contribution in [1.82, 2.24) is 15.0 Å². The summed E-state index contributed by atoms with van der Waals surface area (Å²) in [5.41, 5.74) is 5.36. The van der Waals surface area contributed by atoms with Gasteiger partial charge in [0.2, 0.25) is 0 Å². The fraction of sp³-hybridized carbons (Fsp3) is 0.136. The Hall–Kier alpha value is -3.38. The van der Waals surface area contributed by atoms with Gasteiger partial charge in [0.1, 0.15) is 16.8 Å². The van der Waals surface area contributed by atoms with Crippen LogP contribution in [-0.2, 0) is 0 Å². The average Bonchev–Trinajstić information content (AvgIpc) is 3.10. The summed E-state index contributed by atoms with van der Waals surface area (Å²) >= 11 is 6.21. The van der Waals surface area contributed by atoms with E-state index in [1.807, 2.05) is 50.2 Å². The maximum Gasteiger partial charge on any atom is 0.255 e. The number of aromatic nitrogens is 3. The van der Waals surface area contributed by atoms with Crippen LogP contribution in [0.1, 0.15) is 21.5 Å². The van der Waals surface area contributed by atoms with Gasteiger partial charge >= 0.3 is 0 Å². The van der Waals surface area contributed by atoms with Crippen LogP contribution in [0.3, 0.4) is 0 Å². The van der Waals surface area contributed by atoms with Crippen LogP contribution >= 0.6 is 11.6 Å². The van der Waals surface area contributed by atoms with Crippen LogP contribution in [0.25, 0.3) is 16.7 Å². The molecule has 0 saturated carbocycles. The third-order valence-corrected chi connectivity index (χ3v) is 4.92. The average molecular weight is 407 g/mol. The van der Waals surface area contributed by atoms with E-state index in [9.17, 15) is 4.79 Å². The van der Waals surface area contributed by atoms with E-state index in [4.69, 9.17) is 16.3 Å². The molecular formula is C22H19ClN4O2. The van der Waals surface area contributed by atoms with Crippen LogP contribution in [0.4, 0.5) is 5.69 Å². The molecule has 0 fully saturated rings. The summed E-state index contributed by atoms with van der Waals surface area (Å²) in [6, 6.07) is 16.5. The Morgan fingerprint density at radius 3 is 2.48 bits per heavy atom. The topological polar surface area (TPSA) is 69.0 Å². The third-order valence-electron chi connectivity index (χ3n) is 4.62. The maximum absolute atomic E-state index is 12.6. The Balaban J connectivity index is 1.66. The summed E-state index contributed by atoms with van der Waals surface area (Å²) in [6.07, 6.45) is 0. The Bertz CT molecular complexity index is 1230. The number of methoxy groups -OCH3 is 1. The van der Waals surface area contributed by atoms with Crippen LogP contribution < -0.4 is 10.1 Å². The van der Waals surface area contributed by atoms with Crippen molar-refractivity contribution in [3.05, 3.63) is 76.3 Å². The molecule has 4 rings (SSSR count). The number of carbonyl (C=O) groups is 1. The summed E-state index contributed by atoms with van der Waals surface area (Å²) in [5.74, 6) is 0.426. The first-order chi connectivity index (χ1) is 13.9. The smallest absolute Gasteiger partial charge is 0.255 e. The lowest BCUT2D eigenvalue weighted by Crippen LogP contribution is -2.12. The van der Waals surface area contributed by atoms with Gasteiger partial charge in [0.05, 0.1) is 17.8 Å². The lowest BCUT2D eigenvalue weighted by atomic mass is 10.1. The maximum atomic E-state index is 12.6. The molecule has 1 N–H and O–H groups in total. The van der Waals surface area contributed by atoms with Gasteiger partial charge in [-0.3, -0.25) is 4.79 Å². The van der Waals surface area contributed by atoms with Gasteiger partial charge in [-0.2, -0.15) is 4.80 Å². The SMILES string of the molecule is COc1ccc(-n2nc3cc(C)c(NC(=O)c4cccc(C)c4)cc3n2)cc1Cl. The van der Waals surface area contributed by atoms with Gasteiger partial charge < -0.3 is 10.1 Å². The second-order valence-electron chi connectivity index (χ2n) is 6.79. The number of hydrogen-bond donors (Lipinski definition) is 1. The van der Waals surface area contributed by atoms with Crippen molar-refractivity contribution in [1.29, 1.82) is 0 Å². The van der Waals surface area contributed by atoms with Crippen LogP contribution in [0.15, 0.2) is 54.6 Å². The van der Waals surface area contributed by atoms with Crippen molar-refractivity contribution in [3.63, 3.8) is 0 Å². The zero-order valence-corrected chi connectivity index (χ0v) is 17.0. The van der Waals surface area contributed by atoms with Crippen molar-refractivity contribution in [2.45, 2.75) is 13.8 Å². The highest BCUT2D eigenvalue weighted by Gasteiger charge is 2.13. The molecule has 1 amide bonds. The molecule has 0 atom stereocenters. The molecular weight excluding hydrogens is 388 g/mol. The van der Waals surface area contributed by atoms with Crippen LogP contribution in [0, 0.1) is 13.8 Å². The predicted octanol–water partition coefficient (Wildman–Crippen LogP) is 4.95. The molecule has 1 aromatic heterocycles. The van der Waals surface area contributed by atoms with Gasteiger partial charge in [-0.1, -0.05) is 29.3 Å². The number of aryl methyl sites for hydroxylation is 2. The quantitative estimate of drug-likeness (QED) is 0.520. The highest BCUT2D eigenvalue weighted by atomic mass is 35.5. The number of benzene rings is 3. The highest BCUT2D eigenvalue weighted by molar-refractivity contribution is 6.32. The number of anilines is 1. The van der Waals surface area contributed by atoms with Crippen LogP contribution in [0.5, 0.6) is 5.75 Å². The number of ether oxygens (including phenoxy) is 1.